The van der Waals surface area contributed by atoms with Crippen molar-refractivity contribution in [2.24, 2.45) is 0 Å². The first-order valence-corrected chi connectivity index (χ1v) is 7.52. The molecule has 1 aromatic carbocycles. The van der Waals surface area contributed by atoms with Gasteiger partial charge in [-0.05, 0) is 47.2 Å². The van der Waals surface area contributed by atoms with E-state index in [-0.39, 0.29) is 0 Å². The molecule has 22 heavy (non-hydrogen) atoms. The van der Waals surface area contributed by atoms with Gasteiger partial charge in [-0.25, -0.2) is 0 Å². The maximum Gasteiger partial charge on any atom is 0.425 e. The van der Waals surface area contributed by atoms with Crippen LogP contribution in [0.15, 0.2) is 54.0 Å². The van der Waals surface area contributed by atoms with Gasteiger partial charge in [0.2, 0.25) is 0 Å². The standard InChI is InChI=1S/C17H12F3NS/c1-11-13(12-9-16(22-10-12)17(18,19)20)5-4-6-14(11)15-7-2-3-8-21-15/h2-10H,1H3. The summed E-state index contributed by atoms with van der Waals surface area (Å²) >= 11 is 0.721. The molecule has 0 radical (unpaired) electrons. The molecule has 0 aliphatic heterocycles. The van der Waals surface area contributed by atoms with Gasteiger partial charge in [0.05, 0.1) is 5.69 Å². The predicted octanol–water partition coefficient (Wildman–Crippen LogP) is 5.80. The zero-order valence-corrected chi connectivity index (χ0v) is 12.5. The molecule has 0 N–H and O–H groups in total. The van der Waals surface area contributed by atoms with Crippen LogP contribution in [0.25, 0.3) is 22.4 Å². The topological polar surface area (TPSA) is 12.9 Å². The Morgan fingerprint density at radius 3 is 2.41 bits per heavy atom. The Kier molecular flexibility index (Phi) is 3.74. The Morgan fingerprint density at radius 1 is 1.00 bits per heavy atom. The third-order valence-electron chi connectivity index (χ3n) is 3.46. The summed E-state index contributed by atoms with van der Waals surface area (Å²) in [6.07, 6.45) is -2.59. The zero-order valence-electron chi connectivity index (χ0n) is 11.7. The van der Waals surface area contributed by atoms with Crippen molar-refractivity contribution in [3.63, 3.8) is 0 Å². The number of benzene rings is 1. The number of hydrogen-bond acceptors (Lipinski definition) is 2. The van der Waals surface area contributed by atoms with Crippen molar-refractivity contribution in [2.45, 2.75) is 13.1 Å². The van der Waals surface area contributed by atoms with Crippen molar-refractivity contribution in [3.8, 4) is 22.4 Å². The Hall–Kier alpha value is -2.14. The van der Waals surface area contributed by atoms with Gasteiger partial charge in [0.25, 0.3) is 0 Å². The second-order valence-electron chi connectivity index (χ2n) is 4.89. The number of alkyl halides is 3. The highest BCUT2D eigenvalue weighted by Crippen LogP contribution is 2.39. The van der Waals surface area contributed by atoms with Gasteiger partial charge in [0.1, 0.15) is 4.88 Å². The normalized spacial score (nSPS) is 11.6. The summed E-state index contributed by atoms with van der Waals surface area (Å²) in [4.78, 5) is 3.73. The zero-order chi connectivity index (χ0) is 15.7. The third-order valence-corrected chi connectivity index (χ3v) is 4.44. The molecule has 0 bridgehead atoms. The van der Waals surface area contributed by atoms with Crippen LogP contribution in [-0.4, -0.2) is 4.98 Å². The number of thiophene rings is 1. The van der Waals surface area contributed by atoms with Crippen LogP contribution in [0.2, 0.25) is 0 Å². The summed E-state index contributed by atoms with van der Waals surface area (Å²) in [5.74, 6) is 0. The molecular formula is C17H12F3NS. The Balaban J connectivity index is 2.08. The lowest BCUT2D eigenvalue weighted by atomic mass is 9.96. The summed E-state index contributed by atoms with van der Waals surface area (Å²) in [6.45, 7) is 1.91. The minimum Gasteiger partial charge on any atom is -0.256 e. The van der Waals surface area contributed by atoms with E-state index in [1.807, 2.05) is 43.3 Å². The Morgan fingerprint density at radius 2 is 1.77 bits per heavy atom. The van der Waals surface area contributed by atoms with Crippen LogP contribution in [0, 0.1) is 6.92 Å². The van der Waals surface area contributed by atoms with Crippen LogP contribution in [0.3, 0.4) is 0 Å². The lowest BCUT2D eigenvalue weighted by molar-refractivity contribution is -0.134. The first-order chi connectivity index (χ1) is 10.5. The predicted molar refractivity (Wildman–Crippen MR) is 82.7 cm³/mol. The first-order valence-electron chi connectivity index (χ1n) is 6.64. The number of pyridine rings is 1. The SMILES string of the molecule is Cc1c(-c2csc(C(F)(F)F)c2)cccc1-c1ccccn1. The molecule has 0 spiro atoms. The summed E-state index contributed by atoms with van der Waals surface area (Å²) in [6, 6.07) is 12.4. The van der Waals surface area contributed by atoms with E-state index >= 15 is 0 Å². The molecule has 0 unspecified atom stereocenters. The molecule has 0 atom stereocenters. The lowest BCUT2D eigenvalue weighted by Crippen LogP contribution is -2.00. The molecule has 3 rings (SSSR count). The maximum atomic E-state index is 12.8. The minimum atomic E-state index is -4.30. The van der Waals surface area contributed by atoms with Gasteiger partial charge >= 0.3 is 6.18 Å². The van der Waals surface area contributed by atoms with Crippen LogP contribution in [0.4, 0.5) is 13.2 Å². The van der Waals surface area contributed by atoms with Gasteiger partial charge in [-0.1, -0.05) is 24.3 Å². The summed E-state index contributed by atoms with van der Waals surface area (Å²) in [5, 5.41) is 1.55. The number of hydrogen-bond donors (Lipinski definition) is 0. The molecule has 0 aliphatic rings. The van der Waals surface area contributed by atoms with Gasteiger partial charge in [0, 0.05) is 11.8 Å². The van der Waals surface area contributed by atoms with Crippen molar-refractivity contribution >= 4 is 11.3 Å². The van der Waals surface area contributed by atoms with E-state index in [9.17, 15) is 13.2 Å². The second kappa shape index (κ2) is 5.57. The molecular weight excluding hydrogens is 307 g/mol. The van der Waals surface area contributed by atoms with E-state index in [4.69, 9.17) is 0 Å². The molecule has 0 saturated heterocycles. The average Bonchev–Trinajstić information content (AvgIpc) is 2.98. The van der Waals surface area contributed by atoms with E-state index in [0.717, 1.165) is 33.7 Å². The maximum absolute atomic E-state index is 12.8. The fourth-order valence-electron chi connectivity index (χ4n) is 2.37. The largest absolute Gasteiger partial charge is 0.425 e. The van der Waals surface area contributed by atoms with Gasteiger partial charge in [0.15, 0.2) is 0 Å². The minimum absolute atomic E-state index is 0.579. The highest BCUT2D eigenvalue weighted by Gasteiger charge is 2.32. The van der Waals surface area contributed by atoms with E-state index in [1.165, 1.54) is 6.07 Å². The fourth-order valence-corrected chi connectivity index (χ4v) is 3.15. The van der Waals surface area contributed by atoms with Gasteiger partial charge in [-0.2, -0.15) is 13.2 Å². The molecule has 2 heterocycles. The van der Waals surface area contributed by atoms with Crippen molar-refractivity contribution in [2.75, 3.05) is 0 Å². The fraction of sp³-hybridized carbons (Fsp3) is 0.118. The van der Waals surface area contributed by atoms with Crippen LogP contribution in [0.5, 0.6) is 0 Å². The number of nitrogens with zero attached hydrogens (tertiary/aromatic N) is 1. The smallest absolute Gasteiger partial charge is 0.256 e. The van der Waals surface area contributed by atoms with Crippen LogP contribution >= 0.6 is 11.3 Å². The molecule has 0 aliphatic carbocycles. The number of aromatic nitrogens is 1. The van der Waals surface area contributed by atoms with Crippen LogP contribution < -0.4 is 0 Å². The molecule has 3 aromatic rings. The quantitative estimate of drug-likeness (QED) is 0.581. The van der Waals surface area contributed by atoms with E-state index < -0.39 is 11.1 Å². The van der Waals surface area contributed by atoms with Gasteiger partial charge in [-0.3, -0.25) is 4.98 Å². The Bertz CT molecular complexity index is 791. The van der Waals surface area contributed by atoms with Crippen molar-refractivity contribution in [1.82, 2.24) is 4.98 Å². The number of rotatable bonds is 2. The average molecular weight is 319 g/mol. The van der Waals surface area contributed by atoms with Crippen LogP contribution in [0.1, 0.15) is 10.4 Å². The van der Waals surface area contributed by atoms with E-state index in [2.05, 4.69) is 4.98 Å². The van der Waals surface area contributed by atoms with Crippen molar-refractivity contribution < 1.29 is 13.2 Å². The highest BCUT2D eigenvalue weighted by molar-refractivity contribution is 7.10. The number of halogens is 3. The van der Waals surface area contributed by atoms with Crippen molar-refractivity contribution in [3.05, 3.63) is 64.5 Å². The molecule has 0 fully saturated rings. The highest BCUT2D eigenvalue weighted by atomic mass is 32.1. The summed E-state index contributed by atoms with van der Waals surface area (Å²) in [5.41, 5.74) is 4.06. The van der Waals surface area contributed by atoms with Gasteiger partial charge < -0.3 is 0 Å². The van der Waals surface area contributed by atoms with Crippen molar-refractivity contribution in [1.29, 1.82) is 0 Å². The lowest BCUT2D eigenvalue weighted by Gasteiger charge is -2.10. The molecule has 2 aromatic heterocycles. The molecule has 0 amide bonds. The Labute approximate surface area is 130 Å². The van der Waals surface area contributed by atoms with Gasteiger partial charge in [-0.15, -0.1) is 11.3 Å². The second-order valence-corrected chi connectivity index (χ2v) is 5.80. The summed E-state index contributed by atoms with van der Waals surface area (Å²) < 4.78 is 38.3. The van der Waals surface area contributed by atoms with Crippen LogP contribution in [-0.2, 0) is 6.18 Å². The van der Waals surface area contributed by atoms with E-state index in [0.29, 0.717) is 5.56 Å². The molecule has 1 nitrogen and oxygen atoms in total. The molecule has 112 valence electrons. The molecule has 0 saturated carbocycles. The monoisotopic (exact) mass is 319 g/mol. The van der Waals surface area contributed by atoms with E-state index in [1.54, 1.807) is 11.6 Å². The molecule has 5 heteroatoms. The summed E-state index contributed by atoms with van der Waals surface area (Å²) in [7, 11) is 0. The third kappa shape index (κ3) is 2.76. The first kappa shape index (κ1) is 14.8.